The summed E-state index contributed by atoms with van der Waals surface area (Å²) in [7, 11) is 0. The second-order valence-electron chi connectivity index (χ2n) is 2.82. The van der Waals surface area contributed by atoms with E-state index < -0.39 is 12.2 Å². The van der Waals surface area contributed by atoms with E-state index in [1.54, 1.807) is 20.8 Å². The molecule has 0 heterocycles. The first-order chi connectivity index (χ1) is 5.38. The van der Waals surface area contributed by atoms with Gasteiger partial charge in [-0.15, -0.1) is 0 Å². The highest BCUT2D eigenvalue weighted by Crippen LogP contribution is 2.21. The van der Waals surface area contributed by atoms with E-state index in [-0.39, 0.29) is 0 Å². The summed E-state index contributed by atoms with van der Waals surface area (Å²) in [4.78, 5) is 0. The quantitative estimate of drug-likeness (QED) is 0.659. The van der Waals surface area contributed by atoms with Crippen LogP contribution in [0.2, 0.25) is 0 Å². The van der Waals surface area contributed by atoms with Crippen LogP contribution < -0.4 is 5.32 Å². The number of halogens is 3. The highest BCUT2D eigenvalue weighted by atomic mass is 19.4. The Morgan fingerprint density at radius 2 is 1.92 bits per heavy atom. The van der Waals surface area contributed by atoms with Gasteiger partial charge in [-0.1, -0.05) is 18.6 Å². The molecule has 0 rings (SSSR count). The molecule has 0 amide bonds. The maximum Gasteiger partial charge on any atom is 0.407 e. The van der Waals surface area contributed by atoms with E-state index in [4.69, 9.17) is 0 Å². The second-order valence-corrected chi connectivity index (χ2v) is 2.82. The molecule has 0 aliphatic heterocycles. The predicted octanol–water partition coefficient (Wildman–Crippen LogP) is 2.49. The molecule has 1 atom stereocenters. The Morgan fingerprint density at radius 3 is 2.17 bits per heavy atom. The molecule has 0 aliphatic rings. The smallest absolute Gasteiger partial charge is 0.303 e. The van der Waals surface area contributed by atoms with Gasteiger partial charge in [0.15, 0.2) is 0 Å². The Labute approximate surface area is 70.7 Å². The summed E-state index contributed by atoms with van der Waals surface area (Å²) < 4.78 is 36.5. The summed E-state index contributed by atoms with van der Waals surface area (Å²) in [6, 6.07) is -1.51. The molecule has 12 heavy (non-hydrogen) atoms. The van der Waals surface area contributed by atoms with Gasteiger partial charge in [-0.05, 0) is 20.4 Å². The Kier molecular flexibility index (Phi) is 4.31. The van der Waals surface area contributed by atoms with Gasteiger partial charge in [-0.2, -0.15) is 13.2 Å². The Morgan fingerprint density at radius 1 is 1.42 bits per heavy atom. The zero-order valence-corrected chi connectivity index (χ0v) is 7.50. The van der Waals surface area contributed by atoms with Gasteiger partial charge in [0.1, 0.15) is 6.04 Å². The van der Waals surface area contributed by atoms with Crippen LogP contribution in [0.15, 0.2) is 11.6 Å². The van der Waals surface area contributed by atoms with E-state index in [0.29, 0.717) is 12.1 Å². The zero-order chi connectivity index (χ0) is 9.78. The summed E-state index contributed by atoms with van der Waals surface area (Å²) >= 11 is 0. The molecule has 0 aromatic carbocycles. The van der Waals surface area contributed by atoms with Crippen LogP contribution in [0.4, 0.5) is 13.2 Å². The van der Waals surface area contributed by atoms with Crippen molar-refractivity contribution in [2.45, 2.75) is 33.0 Å². The van der Waals surface area contributed by atoms with Gasteiger partial charge in [0.25, 0.3) is 0 Å². The second kappa shape index (κ2) is 4.50. The van der Waals surface area contributed by atoms with Gasteiger partial charge < -0.3 is 5.32 Å². The number of hydrogen-bond acceptors (Lipinski definition) is 1. The van der Waals surface area contributed by atoms with Crippen LogP contribution in [-0.4, -0.2) is 18.8 Å². The average Bonchev–Trinajstić information content (AvgIpc) is 1.83. The standard InChI is InChI=1S/C8H14F3N/c1-4-12-7(5-6(2)3)8(9,10)11/h5,7,12H,4H2,1-3H3. The van der Waals surface area contributed by atoms with Crippen LogP contribution in [0.25, 0.3) is 0 Å². The lowest BCUT2D eigenvalue weighted by atomic mass is 10.2. The van der Waals surface area contributed by atoms with Crippen LogP contribution in [0.1, 0.15) is 20.8 Å². The number of nitrogens with one attached hydrogen (secondary N) is 1. The van der Waals surface area contributed by atoms with E-state index in [0.717, 1.165) is 0 Å². The van der Waals surface area contributed by atoms with Crippen molar-refractivity contribution in [3.63, 3.8) is 0 Å². The van der Waals surface area contributed by atoms with Crippen molar-refractivity contribution >= 4 is 0 Å². The molecular weight excluding hydrogens is 167 g/mol. The lowest BCUT2D eigenvalue weighted by Gasteiger charge is -2.17. The summed E-state index contributed by atoms with van der Waals surface area (Å²) in [5.74, 6) is 0. The number of likely N-dealkylation sites (N-methyl/N-ethyl adjacent to an activating group) is 1. The van der Waals surface area contributed by atoms with Crippen LogP contribution in [-0.2, 0) is 0 Å². The van der Waals surface area contributed by atoms with E-state index in [9.17, 15) is 13.2 Å². The fraction of sp³-hybridized carbons (Fsp3) is 0.750. The Balaban J connectivity index is 4.34. The van der Waals surface area contributed by atoms with Crippen molar-refractivity contribution in [2.75, 3.05) is 6.54 Å². The first-order valence-electron chi connectivity index (χ1n) is 3.83. The van der Waals surface area contributed by atoms with Crippen LogP contribution in [0, 0.1) is 0 Å². The summed E-state index contributed by atoms with van der Waals surface area (Å²) in [5.41, 5.74) is 0.665. The largest absolute Gasteiger partial charge is 0.407 e. The molecule has 1 unspecified atom stereocenters. The highest BCUT2D eigenvalue weighted by molar-refractivity contribution is 5.03. The summed E-state index contributed by atoms with van der Waals surface area (Å²) in [6.45, 7) is 5.26. The summed E-state index contributed by atoms with van der Waals surface area (Å²) in [5, 5.41) is 2.35. The monoisotopic (exact) mass is 181 g/mol. The summed E-state index contributed by atoms with van der Waals surface area (Å²) in [6.07, 6.45) is -3.00. The minimum Gasteiger partial charge on any atom is -0.303 e. The molecule has 0 fully saturated rings. The minimum atomic E-state index is -4.19. The van der Waals surface area contributed by atoms with Gasteiger partial charge in [0.2, 0.25) is 0 Å². The predicted molar refractivity (Wildman–Crippen MR) is 43.0 cm³/mol. The first kappa shape index (κ1) is 11.5. The molecule has 4 heteroatoms. The lowest BCUT2D eigenvalue weighted by Crippen LogP contribution is -2.40. The molecule has 0 spiro atoms. The maximum absolute atomic E-state index is 12.2. The fourth-order valence-corrected chi connectivity index (χ4v) is 0.822. The molecule has 0 saturated carbocycles. The first-order valence-corrected chi connectivity index (χ1v) is 3.83. The van der Waals surface area contributed by atoms with E-state index in [1.165, 1.54) is 6.08 Å². The average molecular weight is 181 g/mol. The molecule has 0 aromatic heterocycles. The Hall–Kier alpha value is -0.510. The molecule has 0 bridgehead atoms. The SMILES string of the molecule is CCNC(C=C(C)C)C(F)(F)F. The van der Waals surface area contributed by atoms with Crippen LogP contribution in [0.3, 0.4) is 0 Å². The highest BCUT2D eigenvalue weighted by Gasteiger charge is 2.37. The molecule has 0 radical (unpaired) electrons. The fourth-order valence-electron chi connectivity index (χ4n) is 0.822. The van der Waals surface area contributed by atoms with Gasteiger partial charge in [0.05, 0.1) is 0 Å². The third-order valence-electron chi connectivity index (χ3n) is 1.28. The maximum atomic E-state index is 12.2. The van der Waals surface area contributed by atoms with Crippen molar-refractivity contribution in [3.05, 3.63) is 11.6 Å². The molecule has 0 aliphatic carbocycles. The van der Waals surface area contributed by atoms with E-state index >= 15 is 0 Å². The topological polar surface area (TPSA) is 12.0 Å². The molecule has 0 aromatic rings. The molecule has 1 N–H and O–H groups in total. The van der Waals surface area contributed by atoms with E-state index in [2.05, 4.69) is 5.32 Å². The zero-order valence-electron chi connectivity index (χ0n) is 7.50. The van der Waals surface area contributed by atoms with Gasteiger partial charge in [-0.25, -0.2) is 0 Å². The molecular formula is C8H14F3N. The molecule has 1 nitrogen and oxygen atoms in total. The van der Waals surface area contributed by atoms with Crippen molar-refractivity contribution in [1.29, 1.82) is 0 Å². The van der Waals surface area contributed by atoms with Gasteiger partial charge >= 0.3 is 6.18 Å². The van der Waals surface area contributed by atoms with Crippen molar-refractivity contribution < 1.29 is 13.2 Å². The van der Waals surface area contributed by atoms with Crippen molar-refractivity contribution in [1.82, 2.24) is 5.32 Å². The normalized spacial score (nSPS) is 14.2. The van der Waals surface area contributed by atoms with Crippen LogP contribution in [0.5, 0.6) is 0 Å². The number of hydrogen-bond donors (Lipinski definition) is 1. The third-order valence-corrected chi connectivity index (χ3v) is 1.28. The number of alkyl halides is 3. The Bertz CT molecular complexity index is 156. The van der Waals surface area contributed by atoms with Crippen LogP contribution >= 0.6 is 0 Å². The van der Waals surface area contributed by atoms with Gasteiger partial charge in [0, 0.05) is 0 Å². The van der Waals surface area contributed by atoms with Crippen molar-refractivity contribution in [3.8, 4) is 0 Å². The number of allylic oxidation sites excluding steroid dienone is 1. The lowest BCUT2D eigenvalue weighted by molar-refractivity contribution is -0.144. The third kappa shape index (κ3) is 4.38. The number of rotatable bonds is 3. The van der Waals surface area contributed by atoms with E-state index in [1.807, 2.05) is 0 Å². The van der Waals surface area contributed by atoms with Gasteiger partial charge in [-0.3, -0.25) is 0 Å². The molecule has 72 valence electrons. The van der Waals surface area contributed by atoms with Crippen molar-refractivity contribution in [2.24, 2.45) is 0 Å². The molecule has 0 saturated heterocycles. The minimum absolute atomic E-state index is 0.313.